The number of carbonyl (C=O) groups excluding carboxylic acids is 1. The zero-order valence-electron chi connectivity index (χ0n) is 21.9. The molecule has 0 aliphatic carbocycles. The van der Waals surface area contributed by atoms with Crippen molar-refractivity contribution in [2.75, 3.05) is 11.9 Å². The van der Waals surface area contributed by atoms with Gasteiger partial charge in [0.05, 0.1) is 12.9 Å². The number of carbonyl (C=O) groups is 1. The predicted molar refractivity (Wildman–Crippen MR) is 150 cm³/mol. The molecule has 0 radical (unpaired) electrons. The Bertz CT molecular complexity index is 1380. The number of furan rings is 1. The monoisotopic (exact) mass is 481 g/mol. The highest BCUT2D eigenvalue weighted by Crippen LogP contribution is 2.40. The number of aryl methyl sites for hydroxylation is 3. The van der Waals surface area contributed by atoms with Crippen LogP contribution in [0.5, 0.6) is 5.75 Å². The van der Waals surface area contributed by atoms with E-state index in [1.54, 1.807) is 12.3 Å². The van der Waals surface area contributed by atoms with E-state index >= 15 is 0 Å². The van der Waals surface area contributed by atoms with E-state index < -0.39 is 0 Å². The number of fused-ring (bicyclic) bond motifs is 1. The van der Waals surface area contributed by atoms with Crippen LogP contribution >= 0.6 is 0 Å². The first-order valence-electron chi connectivity index (χ1n) is 12.7. The second-order valence-corrected chi connectivity index (χ2v) is 9.32. The van der Waals surface area contributed by atoms with Gasteiger partial charge in [-0.3, -0.25) is 4.79 Å². The molecule has 0 bridgehead atoms. The van der Waals surface area contributed by atoms with E-state index in [1.165, 1.54) is 24.0 Å². The van der Waals surface area contributed by atoms with Crippen molar-refractivity contribution in [1.29, 1.82) is 0 Å². The fraction of sp³-hybridized carbons (Fsp3) is 0.281. The Morgan fingerprint density at radius 2 is 1.75 bits per heavy atom. The second-order valence-electron chi connectivity index (χ2n) is 9.32. The summed E-state index contributed by atoms with van der Waals surface area (Å²) < 4.78 is 12.0. The SMILES string of the molecule is CCCCc1ccc(NC(=O)/C=C(\C)c2cc3c(-c4ccc(C)cc4)coc3c(C)c2OCC)cc1. The zero-order valence-corrected chi connectivity index (χ0v) is 21.9. The van der Waals surface area contributed by atoms with Gasteiger partial charge in [-0.1, -0.05) is 55.3 Å². The van der Waals surface area contributed by atoms with Crippen LogP contribution in [-0.4, -0.2) is 12.5 Å². The van der Waals surface area contributed by atoms with Crippen molar-refractivity contribution in [3.63, 3.8) is 0 Å². The maximum absolute atomic E-state index is 12.9. The minimum absolute atomic E-state index is 0.167. The quantitative estimate of drug-likeness (QED) is 0.244. The average molecular weight is 482 g/mol. The molecule has 186 valence electrons. The number of ether oxygens (including phenoxy) is 1. The molecular formula is C32H35NO3. The molecule has 0 aliphatic rings. The molecule has 4 heteroatoms. The van der Waals surface area contributed by atoms with Crippen LogP contribution in [0.25, 0.3) is 27.7 Å². The number of rotatable bonds is 9. The summed E-state index contributed by atoms with van der Waals surface area (Å²) in [6, 6.07) is 18.6. The Balaban J connectivity index is 1.67. The molecule has 0 aliphatic heterocycles. The number of nitrogens with one attached hydrogen (secondary N) is 1. The molecule has 4 aromatic rings. The van der Waals surface area contributed by atoms with E-state index in [-0.39, 0.29) is 5.91 Å². The molecule has 0 unspecified atom stereocenters. The number of amides is 1. The van der Waals surface area contributed by atoms with Crippen molar-refractivity contribution in [3.05, 3.63) is 89.2 Å². The van der Waals surface area contributed by atoms with Crippen molar-refractivity contribution in [2.45, 2.75) is 53.9 Å². The van der Waals surface area contributed by atoms with Gasteiger partial charge in [-0.15, -0.1) is 0 Å². The highest BCUT2D eigenvalue weighted by atomic mass is 16.5. The topological polar surface area (TPSA) is 51.5 Å². The van der Waals surface area contributed by atoms with Gasteiger partial charge in [0, 0.05) is 33.8 Å². The third-order valence-corrected chi connectivity index (χ3v) is 6.51. The number of unbranched alkanes of at least 4 members (excludes halogenated alkanes) is 1. The van der Waals surface area contributed by atoms with Crippen LogP contribution in [0.15, 0.2) is 71.4 Å². The van der Waals surface area contributed by atoms with Gasteiger partial charge in [-0.25, -0.2) is 0 Å². The van der Waals surface area contributed by atoms with Crippen LogP contribution in [0.3, 0.4) is 0 Å². The van der Waals surface area contributed by atoms with E-state index in [2.05, 4.69) is 61.6 Å². The Morgan fingerprint density at radius 3 is 2.42 bits per heavy atom. The number of benzene rings is 3. The maximum Gasteiger partial charge on any atom is 0.248 e. The summed E-state index contributed by atoms with van der Waals surface area (Å²) in [6.07, 6.45) is 6.84. The lowest BCUT2D eigenvalue weighted by Gasteiger charge is -2.15. The first-order chi connectivity index (χ1) is 17.4. The Labute approximate surface area is 214 Å². The van der Waals surface area contributed by atoms with Crippen LogP contribution in [0, 0.1) is 13.8 Å². The number of hydrogen-bond acceptors (Lipinski definition) is 3. The Morgan fingerprint density at radius 1 is 1.03 bits per heavy atom. The van der Waals surface area contributed by atoms with Crippen molar-refractivity contribution >= 4 is 28.1 Å². The van der Waals surface area contributed by atoms with Crippen LogP contribution in [0.1, 0.15) is 55.9 Å². The van der Waals surface area contributed by atoms with Gasteiger partial charge in [-0.05, 0) is 75.4 Å². The van der Waals surface area contributed by atoms with Gasteiger partial charge in [0.25, 0.3) is 0 Å². The minimum Gasteiger partial charge on any atom is -0.493 e. The lowest BCUT2D eigenvalue weighted by molar-refractivity contribution is -0.111. The van der Waals surface area contributed by atoms with E-state index in [1.807, 2.05) is 32.9 Å². The van der Waals surface area contributed by atoms with Crippen molar-refractivity contribution < 1.29 is 13.9 Å². The Hall–Kier alpha value is -3.79. The summed E-state index contributed by atoms with van der Waals surface area (Å²) in [5, 5.41) is 4.00. The molecule has 0 saturated heterocycles. The lowest BCUT2D eigenvalue weighted by atomic mass is 9.96. The summed E-state index contributed by atoms with van der Waals surface area (Å²) in [7, 11) is 0. The van der Waals surface area contributed by atoms with E-state index in [4.69, 9.17) is 9.15 Å². The highest BCUT2D eigenvalue weighted by Gasteiger charge is 2.19. The molecule has 4 rings (SSSR count). The van der Waals surface area contributed by atoms with Crippen molar-refractivity contribution in [1.82, 2.24) is 0 Å². The number of allylic oxidation sites excluding steroid dienone is 1. The fourth-order valence-corrected chi connectivity index (χ4v) is 4.48. The van der Waals surface area contributed by atoms with E-state index in [9.17, 15) is 4.79 Å². The van der Waals surface area contributed by atoms with Crippen LogP contribution in [0.2, 0.25) is 0 Å². The molecule has 0 atom stereocenters. The summed E-state index contributed by atoms with van der Waals surface area (Å²) in [4.78, 5) is 12.9. The van der Waals surface area contributed by atoms with E-state index in [0.717, 1.165) is 56.7 Å². The van der Waals surface area contributed by atoms with Gasteiger partial charge in [0.1, 0.15) is 11.3 Å². The second kappa shape index (κ2) is 11.3. The molecule has 0 spiro atoms. The molecule has 3 aromatic carbocycles. The molecule has 0 fully saturated rings. The molecule has 1 heterocycles. The zero-order chi connectivity index (χ0) is 25.7. The van der Waals surface area contributed by atoms with E-state index in [0.29, 0.717) is 6.61 Å². The first kappa shape index (κ1) is 25.3. The molecule has 4 nitrogen and oxygen atoms in total. The summed E-state index contributed by atoms with van der Waals surface area (Å²) in [5.74, 6) is 0.580. The number of anilines is 1. The molecule has 1 aromatic heterocycles. The maximum atomic E-state index is 12.9. The summed E-state index contributed by atoms with van der Waals surface area (Å²) >= 11 is 0. The Kier molecular flexibility index (Phi) is 7.94. The first-order valence-corrected chi connectivity index (χ1v) is 12.7. The van der Waals surface area contributed by atoms with Gasteiger partial charge in [-0.2, -0.15) is 0 Å². The third-order valence-electron chi connectivity index (χ3n) is 6.51. The largest absolute Gasteiger partial charge is 0.493 e. The van der Waals surface area contributed by atoms with Crippen LogP contribution in [0.4, 0.5) is 5.69 Å². The molecule has 1 N–H and O–H groups in total. The third kappa shape index (κ3) is 5.54. The van der Waals surface area contributed by atoms with Gasteiger partial charge in [0.15, 0.2) is 0 Å². The van der Waals surface area contributed by atoms with Crippen LogP contribution in [-0.2, 0) is 11.2 Å². The molecular weight excluding hydrogens is 446 g/mol. The van der Waals surface area contributed by atoms with Gasteiger partial charge >= 0.3 is 0 Å². The van der Waals surface area contributed by atoms with Crippen molar-refractivity contribution in [2.24, 2.45) is 0 Å². The smallest absolute Gasteiger partial charge is 0.248 e. The number of hydrogen-bond donors (Lipinski definition) is 1. The van der Waals surface area contributed by atoms with Gasteiger partial charge in [0.2, 0.25) is 5.91 Å². The van der Waals surface area contributed by atoms with Crippen LogP contribution < -0.4 is 10.1 Å². The molecule has 36 heavy (non-hydrogen) atoms. The fourth-order valence-electron chi connectivity index (χ4n) is 4.48. The summed E-state index contributed by atoms with van der Waals surface area (Å²) in [6.45, 7) is 10.7. The molecule has 0 saturated carbocycles. The van der Waals surface area contributed by atoms with Gasteiger partial charge < -0.3 is 14.5 Å². The molecule has 1 amide bonds. The normalized spacial score (nSPS) is 11.6. The predicted octanol–water partition coefficient (Wildman–Crippen LogP) is 8.50. The van der Waals surface area contributed by atoms with Crippen molar-refractivity contribution in [3.8, 4) is 16.9 Å². The minimum atomic E-state index is -0.167. The lowest BCUT2D eigenvalue weighted by Crippen LogP contribution is -2.09. The average Bonchev–Trinajstić information content (AvgIpc) is 3.30. The summed E-state index contributed by atoms with van der Waals surface area (Å²) in [5.41, 5.74) is 8.86. The standard InChI is InChI=1S/C32H35NO3/c1-6-8-9-24-12-16-26(17-13-24)33-30(34)18-22(4)27-19-28-29(25-14-10-21(3)11-15-25)20-36-32(28)23(5)31(27)35-7-2/h10-20H,6-9H2,1-5H3,(H,33,34)/b22-18+. The highest BCUT2D eigenvalue weighted by molar-refractivity contribution is 6.06.